The molecule has 0 aliphatic carbocycles. The number of hydrazine groups is 1. The normalized spacial score (nSPS) is 11.7. The molecule has 2 N–H and O–H groups in total. The number of methoxy groups -OCH3 is 1. The first kappa shape index (κ1) is 13.6. The van der Waals surface area contributed by atoms with Gasteiger partial charge in [-0.15, -0.1) is 0 Å². The van der Waals surface area contributed by atoms with Crippen LogP contribution in [0.5, 0.6) is 5.75 Å². The van der Waals surface area contributed by atoms with Crippen LogP contribution in [0.3, 0.4) is 0 Å². The highest BCUT2D eigenvalue weighted by Crippen LogP contribution is 2.14. The number of hydrogen-bond donors (Lipinski definition) is 2. The summed E-state index contributed by atoms with van der Waals surface area (Å²) >= 11 is 5.75. The Morgan fingerprint density at radius 2 is 2.06 bits per heavy atom. The Morgan fingerprint density at radius 1 is 1.41 bits per heavy atom. The van der Waals surface area contributed by atoms with Gasteiger partial charge in [0.25, 0.3) is 0 Å². The lowest BCUT2D eigenvalue weighted by Crippen LogP contribution is -2.37. The first-order valence-corrected chi connectivity index (χ1v) is 5.57. The molecule has 17 heavy (non-hydrogen) atoms. The van der Waals surface area contributed by atoms with Crippen molar-refractivity contribution in [3.05, 3.63) is 24.3 Å². The SMILES string of the molecule is CCOC(=O)C(Cl)NNc1ccc(OC)cc1. The molecule has 0 bridgehead atoms. The number of ether oxygens (including phenoxy) is 2. The molecule has 0 saturated carbocycles. The van der Waals surface area contributed by atoms with Crippen molar-refractivity contribution >= 4 is 23.3 Å². The molecule has 1 aromatic rings. The maximum atomic E-state index is 11.2. The fourth-order valence-electron chi connectivity index (χ4n) is 1.10. The number of anilines is 1. The minimum Gasteiger partial charge on any atom is -0.497 e. The average Bonchev–Trinajstić information content (AvgIpc) is 2.36. The molecule has 0 aliphatic rings. The largest absolute Gasteiger partial charge is 0.497 e. The summed E-state index contributed by atoms with van der Waals surface area (Å²) in [6, 6.07) is 7.16. The molecule has 0 heterocycles. The van der Waals surface area contributed by atoms with Crippen LogP contribution in [0.15, 0.2) is 24.3 Å². The molecular formula is C11H15ClN2O3. The van der Waals surface area contributed by atoms with E-state index in [-0.39, 0.29) is 0 Å². The predicted octanol–water partition coefficient (Wildman–Crippen LogP) is 1.74. The van der Waals surface area contributed by atoms with Crippen LogP contribution in [0.25, 0.3) is 0 Å². The standard InChI is InChI=1S/C11H15ClN2O3/c1-3-17-11(15)10(12)14-13-8-4-6-9(16-2)7-5-8/h4-7,10,13-14H,3H2,1-2H3. The molecule has 0 spiro atoms. The third-order valence-electron chi connectivity index (χ3n) is 1.93. The minimum atomic E-state index is -0.933. The molecule has 1 rings (SSSR count). The lowest BCUT2D eigenvalue weighted by Gasteiger charge is -2.13. The van der Waals surface area contributed by atoms with Gasteiger partial charge in [0, 0.05) is 5.69 Å². The molecule has 0 fully saturated rings. The second kappa shape index (κ2) is 6.98. The number of benzene rings is 1. The highest BCUT2D eigenvalue weighted by atomic mass is 35.5. The lowest BCUT2D eigenvalue weighted by molar-refractivity contribution is -0.143. The summed E-state index contributed by atoms with van der Waals surface area (Å²) in [5.74, 6) is 0.235. The maximum absolute atomic E-state index is 11.2. The molecule has 1 aromatic carbocycles. The summed E-state index contributed by atoms with van der Waals surface area (Å²) in [6.45, 7) is 2.02. The Morgan fingerprint density at radius 3 is 2.59 bits per heavy atom. The van der Waals surface area contributed by atoms with E-state index in [0.29, 0.717) is 6.61 Å². The minimum absolute atomic E-state index is 0.298. The van der Waals surface area contributed by atoms with Crippen LogP contribution < -0.4 is 15.6 Å². The summed E-state index contributed by atoms with van der Waals surface area (Å²) in [5.41, 5.74) is 5.25. The van der Waals surface area contributed by atoms with Gasteiger partial charge in [-0.2, -0.15) is 0 Å². The second-order valence-corrected chi connectivity index (χ2v) is 3.55. The molecular weight excluding hydrogens is 244 g/mol. The smallest absolute Gasteiger partial charge is 0.340 e. The molecule has 0 amide bonds. The van der Waals surface area contributed by atoms with Crippen molar-refractivity contribution in [1.82, 2.24) is 5.43 Å². The lowest BCUT2D eigenvalue weighted by atomic mass is 10.3. The van der Waals surface area contributed by atoms with Crippen LogP contribution in [-0.4, -0.2) is 25.2 Å². The van der Waals surface area contributed by atoms with E-state index in [1.54, 1.807) is 38.3 Å². The van der Waals surface area contributed by atoms with Gasteiger partial charge >= 0.3 is 5.97 Å². The topological polar surface area (TPSA) is 59.6 Å². The van der Waals surface area contributed by atoms with E-state index in [1.807, 2.05) is 0 Å². The first-order valence-electron chi connectivity index (χ1n) is 5.13. The van der Waals surface area contributed by atoms with Gasteiger partial charge in [0.2, 0.25) is 0 Å². The summed E-state index contributed by atoms with van der Waals surface area (Å²) in [7, 11) is 1.59. The Kier molecular flexibility index (Phi) is 5.59. The number of halogens is 1. The highest BCUT2D eigenvalue weighted by Gasteiger charge is 2.15. The van der Waals surface area contributed by atoms with Crippen LogP contribution >= 0.6 is 11.6 Å². The van der Waals surface area contributed by atoms with Gasteiger partial charge in [-0.25, -0.2) is 10.2 Å². The molecule has 0 aliphatic heterocycles. The molecule has 1 atom stereocenters. The zero-order chi connectivity index (χ0) is 12.7. The molecule has 6 heteroatoms. The zero-order valence-electron chi connectivity index (χ0n) is 9.70. The van der Waals surface area contributed by atoms with E-state index in [0.717, 1.165) is 11.4 Å². The van der Waals surface area contributed by atoms with Crippen molar-refractivity contribution in [2.45, 2.75) is 12.4 Å². The molecule has 0 saturated heterocycles. The van der Waals surface area contributed by atoms with Gasteiger partial charge in [-0.1, -0.05) is 11.6 Å². The Hall–Kier alpha value is -1.46. The van der Waals surface area contributed by atoms with Crippen LogP contribution in [-0.2, 0) is 9.53 Å². The van der Waals surface area contributed by atoms with Crippen LogP contribution in [0, 0.1) is 0 Å². The molecule has 1 unspecified atom stereocenters. The number of rotatable bonds is 6. The van der Waals surface area contributed by atoms with Gasteiger partial charge in [-0.05, 0) is 31.2 Å². The first-order chi connectivity index (χ1) is 8.17. The van der Waals surface area contributed by atoms with E-state index >= 15 is 0 Å². The van der Waals surface area contributed by atoms with Crippen molar-refractivity contribution < 1.29 is 14.3 Å². The number of esters is 1. The fourth-order valence-corrected chi connectivity index (χ4v) is 1.21. The van der Waals surface area contributed by atoms with Crippen molar-refractivity contribution in [3.8, 4) is 5.75 Å². The molecule has 94 valence electrons. The number of nitrogens with one attached hydrogen (secondary N) is 2. The maximum Gasteiger partial charge on any atom is 0.340 e. The van der Waals surface area contributed by atoms with Crippen LogP contribution in [0.4, 0.5) is 5.69 Å². The Bertz CT molecular complexity index is 356. The van der Waals surface area contributed by atoms with E-state index in [2.05, 4.69) is 10.9 Å². The van der Waals surface area contributed by atoms with E-state index in [4.69, 9.17) is 21.1 Å². The number of alkyl halides is 1. The van der Waals surface area contributed by atoms with Crippen molar-refractivity contribution in [2.75, 3.05) is 19.1 Å². The predicted molar refractivity (Wildman–Crippen MR) is 66.0 cm³/mol. The Labute approximate surface area is 105 Å². The highest BCUT2D eigenvalue weighted by molar-refractivity contribution is 6.29. The monoisotopic (exact) mass is 258 g/mol. The molecule has 0 aromatic heterocycles. The number of carbonyl (C=O) groups is 1. The fraction of sp³-hybridized carbons (Fsp3) is 0.364. The van der Waals surface area contributed by atoms with Gasteiger partial charge < -0.3 is 14.9 Å². The van der Waals surface area contributed by atoms with Gasteiger partial charge in [0.1, 0.15) is 5.75 Å². The summed E-state index contributed by atoms with van der Waals surface area (Å²) in [6.07, 6.45) is 0. The van der Waals surface area contributed by atoms with Crippen molar-refractivity contribution in [2.24, 2.45) is 0 Å². The molecule has 5 nitrogen and oxygen atoms in total. The Balaban J connectivity index is 2.41. The van der Waals surface area contributed by atoms with E-state index in [9.17, 15) is 4.79 Å². The summed E-state index contributed by atoms with van der Waals surface area (Å²) < 4.78 is 9.75. The van der Waals surface area contributed by atoms with Crippen molar-refractivity contribution in [3.63, 3.8) is 0 Å². The summed E-state index contributed by atoms with van der Waals surface area (Å²) in [5, 5.41) is 0. The third-order valence-corrected chi connectivity index (χ3v) is 2.21. The van der Waals surface area contributed by atoms with Crippen LogP contribution in [0.1, 0.15) is 6.92 Å². The second-order valence-electron chi connectivity index (χ2n) is 3.11. The number of hydrogen-bond acceptors (Lipinski definition) is 5. The van der Waals surface area contributed by atoms with Gasteiger partial charge in [-0.3, -0.25) is 0 Å². The summed E-state index contributed by atoms with van der Waals surface area (Å²) in [4.78, 5) is 11.2. The quantitative estimate of drug-likeness (QED) is 0.352. The van der Waals surface area contributed by atoms with E-state index < -0.39 is 11.5 Å². The van der Waals surface area contributed by atoms with Gasteiger partial charge in [0.15, 0.2) is 5.50 Å². The van der Waals surface area contributed by atoms with Crippen molar-refractivity contribution in [1.29, 1.82) is 0 Å². The third kappa shape index (κ3) is 4.50. The molecule has 0 radical (unpaired) electrons. The zero-order valence-corrected chi connectivity index (χ0v) is 10.5. The average molecular weight is 259 g/mol. The van der Waals surface area contributed by atoms with Crippen LogP contribution in [0.2, 0.25) is 0 Å². The number of carbonyl (C=O) groups excluding carboxylic acids is 1. The van der Waals surface area contributed by atoms with Gasteiger partial charge in [0.05, 0.1) is 13.7 Å². The van der Waals surface area contributed by atoms with E-state index in [1.165, 1.54) is 0 Å².